The van der Waals surface area contributed by atoms with Gasteiger partial charge in [0, 0.05) is 27.2 Å². The average Bonchev–Trinajstić information content (AvgIpc) is 3.26. The van der Waals surface area contributed by atoms with E-state index >= 15 is 0 Å². The first-order valence-electron chi connectivity index (χ1n) is 15.8. The number of allylic oxidation sites excluding steroid dienone is 1. The fourth-order valence-electron chi connectivity index (χ4n) is 9.65. The maximum absolute atomic E-state index is 10.8. The predicted octanol–water partition coefficient (Wildman–Crippen LogP) is 6.19. The van der Waals surface area contributed by atoms with Gasteiger partial charge in [-0.15, -0.1) is 0 Å². The smallest absolute Gasteiger partial charge is 0.146 e. The lowest BCUT2D eigenvalue weighted by molar-refractivity contribution is -0.257. The molecule has 0 bridgehead atoms. The molecule has 0 spiro atoms. The zero-order valence-electron chi connectivity index (χ0n) is 26.5. The van der Waals surface area contributed by atoms with E-state index in [1.165, 1.54) is 12.8 Å². The molecule has 0 aromatic heterocycles. The van der Waals surface area contributed by atoms with Crippen LogP contribution in [0, 0.1) is 46.3 Å². The van der Waals surface area contributed by atoms with Gasteiger partial charge in [-0.05, 0) is 91.8 Å². The summed E-state index contributed by atoms with van der Waals surface area (Å²) in [5.41, 5.74) is 1.81. The summed E-state index contributed by atoms with van der Waals surface area (Å²) in [4.78, 5) is 0. The molecule has 4 rings (SSSR count). The summed E-state index contributed by atoms with van der Waals surface area (Å²) < 4.78 is 35.5. The molecular formula is C33H58O7. The van der Waals surface area contributed by atoms with Crippen LogP contribution in [0.5, 0.6) is 0 Å². The third-order valence-electron chi connectivity index (χ3n) is 11.4. The summed E-state index contributed by atoms with van der Waals surface area (Å²) in [5.74, 6) is 2.61. The molecule has 3 fully saturated rings. The lowest BCUT2D eigenvalue weighted by atomic mass is 9.44. The third-order valence-corrected chi connectivity index (χ3v) is 11.4. The molecule has 0 aromatic rings. The normalized spacial score (nSPS) is 40.8. The first-order chi connectivity index (χ1) is 19.1. The van der Waals surface area contributed by atoms with Crippen molar-refractivity contribution in [1.29, 1.82) is 0 Å². The number of aliphatic hydroxyl groups is 1. The molecule has 1 N–H and O–H groups in total. The average molecular weight is 567 g/mol. The second kappa shape index (κ2) is 13.8. The van der Waals surface area contributed by atoms with Gasteiger partial charge >= 0.3 is 0 Å². The maximum Gasteiger partial charge on any atom is 0.146 e. The van der Waals surface area contributed by atoms with Gasteiger partial charge in [-0.1, -0.05) is 46.3 Å². The Labute approximate surface area is 243 Å². The number of fused-ring (bicyclic) bond motifs is 5. The molecule has 0 radical (unpaired) electrons. The quantitative estimate of drug-likeness (QED) is 0.199. The molecule has 3 saturated carbocycles. The fourth-order valence-corrected chi connectivity index (χ4v) is 9.65. The Kier molecular flexibility index (Phi) is 11.2. The van der Waals surface area contributed by atoms with Crippen LogP contribution in [0.1, 0.15) is 86.0 Å². The van der Waals surface area contributed by atoms with Gasteiger partial charge in [0.25, 0.3) is 0 Å². The second-order valence-corrected chi connectivity index (χ2v) is 14.2. The highest BCUT2D eigenvalue weighted by molar-refractivity contribution is 5.32. The summed E-state index contributed by atoms with van der Waals surface area (Å²) in [6.07, 6.45) is 10.6. The summed E-state index contributed by atoms with van der Waals surface area (Å²) in [5, 5.41) is 10.8. The first-order valence-corrected chi connectivity index (χ1v) is 15.8. The van der Waals surface area contributed by atoms with Crippen LogP contribution in [-0.4, -0.2) is 71.2 Å². The van der Waals surface area contributed by atoms with Gasteiger partial charge in [0.2, 0.25) is 0 Å². The third kappa shape index (κ3) is 6.36. The van der Waals surface area contributed by atoms with E-state index in [1.807, 2.05) is 0 Å². The van der Waals surface area contributed by atoms with E-state index in [-0.39, 0.29) is 54.7 Å². The topological polar surface area (TPSA) is 75.6 Å². The van der Waals surface area contributed by atoms with Crippen LogP contribution < -0.4 is 0 Å². The van der Waals surface area contributed by atoms with Crippen LogP contribution in [0.4, 0.5) is 0 Å². The van der Waals surface area contributed by atoms with E-state index in [2.05, 4.69) is 40.7 Å². The Morgan fingerprint density at radius 1 is 0.850 bits per heavy atom. The van der Waals surface area contributed by atoms with Gasteiger partial charge in [0.05, 0.1) is 24.4 Å². The molecule has 4 aliphatic carbocycles. The summed E-state index contributed by atoms with van der Waals surface area (Å²) >= 11 is 0. The van der Waals surface area contributed by atoms with Crippen LogP contribution in [0.3, 0.4) is 0 Å². The number of methoxy groups -OCH3 is 3. The van der Waals surface area contributed by atoms with E-state index in [1.54, 1.807) is 26.9 Å². The minimum absolute atomic E-state index is 0.106. The highest BCUT2D eigenvalue weighted by Gasteiger charge is 2.64. The van der Waals surface area contributed by atoms with Crippen molar-refractivity contribution in [2.75, 3.05) is 41.7 Å². The van der Waals surface area contributed by atoms with Crippen LogP contribution in [0.25, 0.3) is 0 Å². The Balaban J connectivity index is 1.65. The molecule has 0 aromatic carbocycles. The Bertz CT molecular complexity index is 832. The van der Waals surface area contributed by atoms with Crippen LogP contribution in [0.15, 0.2) is 11.6 Å². The molecule has 0 saturated heterocycles. The highest BCUT2D eigenvalue weighted by Crippen LogP contribution is 2.67. The monoisotopic (exact) mass is 566 g/mol. The minimum atomic E-state index is -0.228. The molecular weight excluding hydrogens is 508 g/mol. The van der Waals surface area contributed by atoms with Crippen molar-refractivity contribution in [2.45, 2.75) is 110 Å². The van der Waals surface area contributed by atoms with Crippen molar-refractivity contribution in [1.82, 2.24) is 0 Å². The zero-order chi connectivity index (χ0) is 29.1. The first kappa shape index (κ1) is 32.4. The molecule has 40 heavy (non-hydrogen) atoms. The summed E-state index contributed by atoms with van der Waals surface area (Å²) in [6, 6.07) is 0. The van der Waals surface area contributed by atoms with E-state index < -0.39 is 0 Å². The largest absolute Gasteiger partial charge is 0.393 e. The maximum atomic E-state index is 10.8. The molecule has 0 heterocycles. The van der Waals surface area contributed by atoms with E-state index in [4.69, 9.17) is 28.4 Å². The van der Waals surface area contributed by atoms with Gasteiger partial charge in [-0.3, -0.25) is 0 Å². The Morgan fingerprint density at radius 2 is 1.50 bits per heavy atom. The molecule has 4 aliphatic rings. The van der Waals surface area contributed by atoms with Crippen molar-refractivity contribution >= 4 is 0 Å². The predicted molar refractivity (Wildman–Crippen MR) is 155 cm³/mol. The van der Waals surface area contributed by atoms with Crippen molar-refractivity contribution in [3.05, 3.63) is 11.6 Å². The van der Waals surface area contributed by atoms with E-state index in [0.717, 1.165) is 38.5 Å². The van der Waals surface area contributed by atoms with Gasteiger partial charge in [-0.25, -0.2) is 0 Å². The van der Waals surface area contributed by atoms with E-state index in [9.17, 15) is 5.11 Å². The Hall–Kier alpha value is -0.540. The van der Waals surface area contributed by atoms with Crippen molar-refractivity contribution in [2.24, 2.45) is 46.3 Å². The molecule has 7 heteroatoms. The van der Waals surface area contributed by atoms with Gasteiger partial charge in [0.1, 0.15) is 20.4 Å². The van der Waals surface area contributed by atoms with E-state index in [0.29, 0.717) is 36.4 Å². The second-order valence-electron chi connectivity index (χ2n) is 14.2. The van der Waals surface area contributed by atoms with Crippen molar-refractivity contribution < 1.29 is 33.5 Å². The lowest BCUT2D eigenvalue weighted by Crippen LogP contribution is -2.64. The number of ether oxygens (including phenoxy) is 6. The summed E-state index contributed by atoms with van der Waals surface area (Å²) in [7, 11) is 5.08. The van der Waals surface area contributed by atoms with Crippen molar-refractivity contribution in [3.8, 4) is 0 Å². The minimum Gasteiger partial charge on any atom is -0.393 e. The Morgan fingerprint density at radius 3 is 2.15 bits per heavy atom. The molecule has 1 unspecified atom stereocenters. The zero-order valence-corrected chi connectivity index (χ0v) is 26.5. The van der Waals surface area contributed by atoms with Crippen LogP contribution in [-0.2, 0) is 28.4 Å². The fraction of sp³-hybridized carbons (Fsp3) is 0.939. The number of hydrogen-bond donors (Lipinski definition) is 1. The van der Waals surface area contributed by atoms with Gasteiger partial charge in [0.15, 0.2) is 0 Å². The lowest BCUT2D eigenvalue weighted by Gasteiger charge is -2.63. The number of rotatable bonds is 14. The van der Waals surface area contributed by atoms with Gasteiger partial charge in [-0.2, -0.15) is 0 Å². The molecule has 11 atom stereocenters. The molecule has 7 nitrogen and oxygen atoms in total. The molecule has 0 aliphatic heterocycles. The highest BCUT2D eigenvalue weighted by atomic mass is 16.7. The SMILES string of the molecule is COCO[C@@H]1CC[C@@]2(C)[C@H](C1)[C@@H](OCOC)[C@H](OCOC)[C@H]1C3=CC[C@H]([C@H](C)CC(O)CC(C)C)[C@@]3(C)CC[C@@H]12. The summed E-state index contributed by atoms with van der Waals surface area (Å²) in [6.45, 7) is 12.6. The number of aliphatic hydroxyl groups excluding tert-OH is 1. The number of hydrogen-bond acceptors (Lipinski definition) is 7. The van der Waals surface area contributed by atoms with Crippen LogP contribution >= 0.6 is 0 Å². The standard InChI is InChI=1S/C33H58O7/c1-21(2)15-23(34)16-22(3)25-9-10-26-29-27(12-14-32(25,26)4)33(5)13-11-24(38-18-35-6)17-28(33)30(39-19-36-7)31(29)40-20-37-8/h10,21-25,27-31,34H,9,11-20H2,1-8H3/t22-,23?,24-,25-,27+,28-,29+,30-,31-,32-,33-/m1/s1. The van der Waals surface area contributed by atoms with Crippen LogP contribution in [0.2, 0.25) is 0 Å². The molecule has 0 amide bonds. The van der Waals surface area contributed by atoms with Crippen molar-refractivity contribution in [3.63, 3.8) is 0 Å². The molecule has 232 valence electrons. The van der Waals surface area contributed by atoms with Gasteiger partial charge < -0.3 is 33.5 Å².